The minimum atomic E-state index is -0.218. The van der Waals surface area contributed by atoms with Crippen LogP contribution in [0.3, 0.4) is 0 Å². The van der Waals surface area contributed by atoms with Crippen LogP contribution in [-0.2, 0) is 6.42 Å². The molecular formula is C19H21FN4S. The largest absolute Gasteiger partial charge is 0.399 e. The number of nitrogens with two attached hydrogens (primary N) is 1. The van der Waals surface area contributed by atoms with Gasteiger partial charge in [-0.25, -0.2) is 4.39 Å². The van der Waals surface area contributed by atoms with E-state index in [0.717, 1.165) is 50.5 Å². The lowest BCUT2D eigenvalue weighted by Gasteiger charge is -2.35. The number of hydrogen-bond donors (Lipinski definition) is 1. The van der Waals surface area contributed by atoms with Crippen molar-refractivity contribution in [1.82, 2.24) is 9.27 Å². The van der Waals surface area contributed by atoms with Gasteiger partial charge in [0.25, 0.3) is 0 Å². The average molecular weight is 356 g/mol. The third-order valence-corrected chi connectivity index (χ3v) is 5.65. The van der Waals surface area contributed by atoms with Gasteiger partial charge < -0.3 is 10.6 Å². The summed E-state index contributed by atoms with van der Waals surface area (Å²) in [6.45, 7) is 4.81. The highest BCUT2D eigenvalue weighted by Gasteiger charge is 2.20. The third-order valence-electron chi connectivity index (χ3n) is 4.83. The molecule has 0 saturated carbocycles. The Kier molecular flexibility index (Phi) is 4.55. The number of nitrogen functional groups attached to an aromatic ring is 1. The van der Waals surface area contributed by atoms with Crippen LogP contribution >= 0.6 is 11.5 Å². The minimum absolute atomic E-state index is 0.218. The van der Waals surface area contributed by atoms with Crippen molar-refractivity contribution in [3.8, 4) is 0 Å². The Morgan fingerprint density at radius 3 is 2.72 bits per heavy atom. The second kappa shape index (κ2) is 6.98. The highest BCUT2D eigenvalue weighted by atomic mass is 32.1. The molecule has 6 heteroatoms. The third kappa shape index (κ3) is 3.45. The van der Waals surface area contributed by atoms with Gasteiger partial charge in [0, 0.05) is 43.8 Å². The number of fused-ring (bicyclic) bond motifs is 1. The Morgan fingerprint density at radius 2 is 1.88 bits per heavy atom. The quantitative estimate of drug-likeness (QED) is 0.728. The molecule has 1 saturated heterocycles. The topological polar surface area (TPSA) is 45.4 Å². The molecule has 0 unspecified atom stereocenters. The van der Waals surface area contributed by atoms with E-state index < -0.39 is 0 Å². The molecule has 25 heavy (non-hydrogen) atoms. The second-order valence-corrected chi connectivity index (χ2v) is 7.23. The summed E-state index contributed by atoms with van der Waals surface area (Å²) < 4.78 is 19.3. The van der Waals surface area contributed by atoms with Crippen molar-refractivity contribution in [3.05, 3.63) is 53.8 Å². The number of piperazine rings is 1. The molecule has 2 heterocycles. The molecule has 1 fully saturated rings. The van der Waals surface area contributed by atoms with E-state index in [1.165, 1.54) is 16.2 Å². The first-order valence-corrected chi connectivity index (χ1v) is 9.34. The molecule has 1 aromatic heterocycles. The molecule has 1 aliphatic heterocycles. The molecule has 0 spiro atoms. The van der Waals surface area contributed by atoms with Crippen molar-refractivity contribution in [1.29, 1.82) is 0 Å². The van der Waals surface area contributed by atoms with E-state index in [0.29, 0.717) is 5.69 Å². The summed E-state index contributed by atoms with van der Waals surface area (Å²) >= 11 is 1.56. The van der Waals surface area contributed by atoms with E-state index in [9.17, 15) is 4.39 Å². The molecule has 1 aliphatic rings. The highest BCUT2D eigenvalue weighted by molar-refractivity contribution is 7.13. The second-order valence-electron chi connectivity index (χ2n) is 6.42. The van der Waals surface area contributed by atoms with Gasteiger partial charge in [0.1, 0.15) is 11.6 Å². The first-order chi connectivity index (χ1) is 12.2. The van der Waals surface area contributed by atoms with E-state index in [1.807, 2.05) is 0 Å². The molecule has 0 aliphatic carbocycles. The van der Waals surface area contributed by atoms with Gasteiger partial charge in [0.15, 0.2) is 0 Å². The first kappa shape index (κ1) is 16.3. The maximum absolute atomic E-state index is 13.4. The number of rotatable bonds is 4. The predicted molar refractivity (Wildman–Crippen MR) is 103 cm³/mol. The minimum Gasteiger partial charge on any atom is -0.399 e. The zero-order chi connectivity index (χ0) is 17.2. The van der Waals surface area contributed by atoms with Crippen molar-refractivity contribution >= 4 is 33.1 Å². The normalized spacial score (nSPS) is 15.8. The Morgan fingerprint density at radius 1 is 1.08 bits per heavy atom. The lowest BCUT2D eigenvalue weighted by atomic mass is 10.1. The zero-order valence-corrected chi connectivity index (χ0v) is 14.8. The van der Waals surface area contributed by atoms with Crippen LogP contribution in [0.25, 0.3) is 10.1 Å². The molecule has 0 amide bonds. The number of halogens is 1. The van der Waals surface area contributed by atoms with E-state index in [2.05, 4.69) is 38.4 Å². The van der Waals surface area contributed by atoms with Crippen LogP contribution in [0.5, 0.6) is 0 Å². The van der Waals surface area contributed by atoms with Crippen molar-refractivity contribution in [2.24, 2.45) is 0 Å². The molecule has 4 rings (SSSR count). The molecule has 2 aromatic carbocycles. The molecule has 3 aromatic rings. The van der Waals surface area contributed by atoms with Gasteiger partial charge in [0.2, 0.25) is 0 Å². The SMILES string of the molecule is Nc1ccc(F)cc1CCN1CCN(c2nsc3ccccc23)CC1. The molecule has 130 valence electrons. The Labute approximate surface area is 150 Å². The maximum atomic E-state index is 13.4. The number of anilines is 2. The fourth-order valence-corrected chi connectivity index (χ4v) is 4.15. The van der Waals surface area contributed by atoms with E-state index in [-0.39, 0.29) is 5.82 Å². The summed E-state index contributed by atoms with van der Waals surface area (Å²) in [4.78, 5) is 4.78. The summed E-state index contributed by atoms with van der Waals surface area (Å²) in [5, 5.41) is 1.24. The monoisotopic (exact) mass is 356 g/mol. The van der Waals surface area contributed by atoms with Crippen LogP contribution in [0.1, 0.15) is 5.56 Å². The van der Waals surface area contributed by atoms with Gasteiger partial charge in [0.05, 0.1) is 4.70 Å². The van der Waals surface area contributed by atoms with Gasteiger partial charge in [-0.05, 0) is 53.8 Å². The van der Waals surface area contributed by atoms with Crippen LogP contribution in [-0.4, -0.2) is 42.0 Å². The Bertz CT molecular complexity index is 871. The van der Waals surface area contributed by atoms with Crippen LogP contribution in [0, 0.1) is 5.82 Å². The lowest BCUT2D eigenvalue weighted by Crippen LogP contribution is -2.47. The molecular weight excluding hydrogens is 335 g/mol. The van der Waals surface area contributed by atoms with Gasteiger partial charge in [-0.3, -0.25) is 4.90 Å². The van der Waals surface area contributed by atoms with Crippen molar-refractivity contribution in [2.75, 3.05) is 43.4 Å². The highest BCUT2D eigenvalue weighted by Crippen LogP contribution is 2.29. The van der Waals surface area contributed by atoms with Crippen LogP contribution < -0.4 is 10.6 Å². The van der Waals surface area contributed by atoms with E-state index in [4.69, 9.17) is 5.73 Å². The van der Waals surface area contributed by atoms with Gasteiger partial charge >= 0.3 is 0 Å². The van der Waals surface area contributed by atoms with E-state index in [1.54, 1.807) is 23.7 Å². The van der Waals surface area contributed by atoms with Gasteiger partial charge in [-0.15, -0.1) is 0 Å². The standard InChI is InChI=1S/C19H21FN4S/c20-15-5-6-17(21)14(13-15)7-8-23-9-11-24(12-10-23)19-16-3-1-2-4-18(16)25-22-19/h1-6,13H,7-12,21H2. The van der Waals surface area contributed by atoms with Crippen molar-refractivity contribution in [2.45, 2.75) is 6.42 Å². The first-order valence-electron chi connectivity index (χ1n) is 8.56. The molecule has 2 N–H and O–H groups in total. The molecule has 0 radical (unpaired) electrons. The Hall–Kier alpha value is -2.18. The summed E-state index contributed by atoms with van der Waals surface area (Å²) in [5.74, 6) is 0.888. The average Bonchev–Trinajstić information content (AvgIpc) is 3.07. The van der Waals surface area contributed by atoms with Gasteiger partial charge in [-0.1, -0.05) is 12.1 Å². The fraction of sp³-hybridized carbons (Fsp3) is 0.316. The number of nitrogens with zero attached hydrogens (tertiary/aromatic N) is 3. The number of aromatic nitrogens is 1. The Balaban J connectivity index is 1.36. The number of benzene rings is 2. The molecule has 0 atom stereocenters. The molecule has 4 nitrogen and oxygen atoms in total. The van der Waals surface area contributed by atoms with Crippen molar-refractivity contribution < 1.29 is 4.39 Å². The maximum Gasteiger partial charge on any atom is 0.150 e. The lowest BCUT2D eigenvalue weighted by molar-refractivity contribution is 0.261. The van der Waals surface area contributed by atoms with Crippen LogP contribution in [0.4, 0.5) is 15.9 Å². The summed E-state index contributed by atoms with van der Waals surface area (Å²) in [7, 11) is 0. The van der Waals surface area contributed by atoms with Crippen LogP contribution in [0.15, 0.2) is 42.5 Å². The summed E-state index contributed by atoms with van der Waals surface area (Å²) in [5.41, 5.74) is 7.51. The van der Waals surface area contributed by atoms with Crippen molar-refractivity contribution in [3.63, 3.8) is 0 Å². The fourth-order valence-electron chi connectivity index (χ4n) is 3.35. The predicted octanol–water partition coefficient (Wildman–Crippen LogP) is 3.38. The van der Waals surface area contributed by atoms with Crippen LogP contribution in [0.2, 0.25) is 0 Å². The molecule has 0 bridgehead atoms. The number of hydrogen-bond acceptors (Lipinski definition) is 5. The van der Waals surface area contributed by atoms with E-state index >= 15 is 0 Å². The zero-order valence-electron chi connectivity index (χ0n) is 14.0. The summed E-state index contributed by atoms with van der Waals surface area (Å²) in [6.07, 6.45) is 0.781. The smallest absolute Gasteiger partial charge is 0.150 e. The van der Waals surface area contributed by atoms with Gasteiger partial charge in [-0.2, -0.15) is 4.37 Å². The summed E-state index contributed by atoms with van der Waals surface area (Å²) in [6, 6.07) is 13.0.